The Morgan fingerprint density at radius 3 is 2.00 bits per heavy atom. The second kappa shape index (κ2) is 3.75. The van der Waals surface area contributed by atoms with Crippen molar-refractivity contribution < 1.29 is 9.53 Å². The average molecular weight is 222 g/mol. The van der Waals surface area contributed by atoms with Gasteiger partial charge in [0.1, 0.15) is 5.60 Å². The fourth-order valence-electron chi connectivity index (χ4n) is 4.11. The van der Waals surface area contributed by atoms with Gasteiger partial charge in [0.05, 0.1) is 5.41 Å². The van der Waals surface area contributed by atoms with Crippen molar-refractivity contribution >= 4 is 5.97 Å². The molecule has 0 N–H and O–H groups in total. The van der Waals surface area contributed by atoms with Crippen molar-refractivity contribution in [1.82, 2.24) is 0 Å². The SMILES string of the molecule is O=C1OC2(CCCCC2)CC12CCCCC2. The van der Waals surface area contributed by atoms with E-state index in [4.69, 9.17) is 4.74 Å². The molecule has 0 bridgehead atoms. The lowest BCUT2D eigenvalue weighted by molar-refractivity contribution is -0.156. The quantitative estimate of drug-likeness (QED) is 0.585. The van der Waals surface area contributed by atoms with Gasteiger partial charge in [0.2, 0.25) is 0 Å². The van der Waals surface area contributed by atoms with Crippen LogP contribution in [-0.4, -0.2) is 11.6 Å². The molecule has 16 heavy (non-hydrogen) atoms. The number of rotatable bonds is 0. The molecule has 3 fully saturated rings. The summed E-state index contributed by atoms with van der Waals surface area (Å²) in [5, 5.41) is 0. The third-order valence-electron chi connectivity index (χ3n) is 4.98. The van der Waals surface area contributed by atoms with Crippen LogP contribution in [0, 0.1) is 5.41 Å². The summed E-state index contributed by atoms with van der Waals surface area (Å²) >= 11 is 0. The summed E-state index contributed by atoms with van der Waals surface area (Å²) in [6.45, 7) is 0. The zero-order valence-corrected chi connectivity index (χ0v) is 10.1. The summed E-state index contributed by atoms with van der Waals surface area (Å²) < 4.78 is 5.84. The molecule has 2 spiro atoms. The lowest BCUT2D eigenvalue weighted by Crippen LogP contribution is -2.32. The minimum absolute atomic E-state index is 0.0350. The van der Waals surface area contributed by atoms with Crippen LogP contribution in [0.5, 0.6) is 0 Å². The number of esters is 1. The highest BCUT2D eigenvalue weighted by Crippen LogP contribution is 2.53. The molecule has 0 aromatic heterocycles. The maximum atomic E-state index is 12.2. The van der Waals surface area contributed by atoms with Crippen LogP contribution < -0.4 is 0 Å². The largest absolute Gasteiger partial charge is 0.459 e. The maximum absolute atomic E-state index is 12.2. The van der Waals surface area contributed by atoms with Crippen LogP contribution in [0.15, 0.2) is 0 Å². The van der Waals surface area contributed by atoms with E-state index in [1.807, 2.05) is 0 Å². The fourth-order valence-corrected chi connectivity index (χ4v) is 4.11. The van der Waals surface area contributed by atoms with E-state index in [1.54, 1.807) is 0 Å². The van der Waals surface area contributed by atoms with Crippen LogP contribution in [-0.2, 0) is 9.53 Å². The Morgan fingerprint density at radius 1 is 0.812 bits per heavy atom. The summed E-state index contributed by atoms with van der Waals surface area (Å²) in [4.78, 5) is 12.2. The molecule has 3 aliphatic rings. The summed E-state index contributed by atoms with van der Waals surface area (Å²) in [7, 11) is 0. The van der Waals surface area contributed by atoms with Gasteiger partial charge in [0, 0.05) is 6.42 Å². The standard InChI is InChI=1S/C14H22O2/c15-12-13(7-3-1-4-8-13)11-14(16-12)9-5-2-6-10-14/h1-11H2. The van der Waals surface area contributed by atoms with Gasteiger partial charge in [0.25, 0.3) is 0 Å². The Hall–Kier alpha value is -0.530. The Bertz CT molecular complexity index is 283. The second-order valence-electron chi connectivity index (χ2n) is 6.15. The first-order valence-corrected chi connectivity index (χ1v) is 6.98. The van der Waals surface area contributed by atoms with Gasteiger partial charge >= 0.3 is 5.97 Å². The molecule has 2 aliphatic carbocycles. The Balaban J connectivity index is 1.80. The summed E-state index contributed by atoms with van der Waals surface area (Å²) in [6, 6.07) is 0. The van der Waals surface area contributed by atoms with Gasteiger partial charge in [-0.15, -0.1) is 0 Å². The van der Waals surface area contributed by atoms with Gasteiger partial charge in [-0.1, -0.05) is 25.7 Å². The minimum Gasteiger partial charge on any atom is -0.459 e. The van der Waals surface area contributed by atoms with Gasteiger partial charge in [-0.2, -0.15) is 0 Å². The topological polar surface area (TPSA) is 26.3 Å². The number of carbonyl (C=O) groups excluding carboxylic acids is 1. The lowest BCUT2D eigenvalue weighted by Gasteiger charge is -2.34. The monoisotopic (exact) mass is 222 g/mol. The first-order chi connectivity index (χ1) is 7.75. The van der Waals surface area contributed by atoms with Crippen molar-refractivity contribution in [2.24, 2.45) is 5.41 Å². The summed E-state index contributed by atoms with van der Waals surface area (Å²) in [6.07, 6.45) is 13.1. The summed E-state index contributed by atoms with van der Waals surface area (Å²) in [5.41, 5.74) is -0.0950. The molecule has 90 valence electrons. The van der Waals surface area contributed by atoms with E-state index in [0.717, 1.165) is 32.1 Å². The third kappa shape index (κ3) is 1.57. The predicted molar refractivity (Wildman–Crippen MR) is 62.0 cm³/mol. The average Bonchev–Trinajstić information content (AvgIpc) is 2.54. The highest BCUT2D eigenvalue weighted by atomic mass is 16.6. The smallest absolute Gasteiger partial charge is 0.312 e. The van der Waals surface area contributed by atoms with Gasteiger partial charge in [-0.3, -0.25) is 4.79 Å². The zero-order chi connectivity index (χ0) is 11.1. The van der Waals surface area contributed by atoms with Gasteiger partial charge in [0.15, 0.2) is 0 Å². The summed E-state index contributed by atoms with van der Waals surface area (Å²) in [5.74, 6) is 0.147. The van der Waals surface area contributed by atoms with E-state index >= 15 is 0 Å². The van der Waals surface area contributed by atoms with Gasteiger partial charge < -0.3 is 4.74 Å². The maximum Gasteiger partial charge on any atom is 0.312 e. The lowest BCUT2D eigenvalue weighted by atomic mass is 9.67. The second-order valence-corrected chi connectivity index (χ2v) is 6.15. The van der Waals surface area contributed by atoms with Crippen LogP contribution in [0.1, 0.15) is 70.6 Å². The molecule has 1 heterocycles. The van der Waals surface area contributed by atoms with Crippen LogP contribution in [0.2, 0.25) is 0 Å². The molecule has 2 nitrogen and oxygen atoms in total. The predicted octanol–water partition coefficient (Wildman–Crippen LogP) is 3.59. The van der Waals surface area contributed by atoms with E-state index < -0.39 is 0 Å². The number of hydrogen-bond donors (Lipinski definition) is 0. The minimum atomic E-state index is -0.0599. The van der Waals surface area contributed by atoms with E-state index in [9.17, 15) is 4.79 Å². The fraction of sp³-hybridized carbons (Fsp3) is 0.929. The molecule has 0 amide bonds. The van der Waals surface area contributed by atoms with Crippen LogP contribution in [0.25, 0.3) is 0 Å². The van der Waals surface area contributed by atoms with E-state index in [-0.39, 0.29) is 17.0 Å². The zero-order valence-electron chi connectivity index (χ0n) is 10.1. The van der Waals surface area contributed by atoms with Crippen molar-refractivity contribution in [3.05, 3.63) is 0 Å². The van der Waals surface area contributed by atoms with E-state index in [0.29, 0.717) is 0 Å². The third-order valence-corrected chi connectivity index (χ3v) is 4.98. The van der Waals surface area contributed by atoms with Gasteiger partial charge in [-0.05, 0) is 38.5 Å². The molecule has 3 rings (SSSR count). The first-order valence-electron chi connectivity index (χ1n) is 6.98. The molecule has 0 aromatic rings. The molecule has 2 heteroatoms. The van der Waals surface area contributed by atoms with Crippen molar-refractivity contribution in [3.8, 4) is 0 Å². The Morgan fingerprint density at radius 2 is 1.38 bits per heavy atom. The molecule has 1 aliphatic heterocycles. The van der Waals surface area contributed by atoms with Crippen LogP contribution >= 0.6 is 0 Å². The highest BCUT2D eigenvalue weighted by molar-refractivity contribution is 5.79. The molecule has 1 saturated heterocycles. The number of hydrogen-bond acceptors (Lipinski definition) is 2. The molecule has 0 aromatic carbocycles. The van der Waals surface area contributed by atoms with Crippen LogP contribution in [0.4, 0.5) is 0 Å². The van der Waals surface area contributed by atoms with Crippen molar-refractivity contribution in [2.75, 3.05) is 0 Å². The first kappa shape index (κ1) is 10.6. The van der Waals surface area contributed by atoms with Crippen molar-refractivity contribution in [2.45, 2.75) is 76.2 Å². The normalized spacial score (nSPS) is 31.9. The van der Waals surface area contributed by atoms with Crippen LogP contribution in [0.3, 0.4) is 0 Å². The number of carbonyl (C=O) groups is 1. The van der Waals surface area contributed by atoms with E-state index in [2.05, 4.69) is 0 Å². The van der Waals surface area contributed by atoms with Crippen molar-refractivity contribution in [1.29, 1.82) is 0 Å². The van der Waals surface area contributed by atoms with Gasteiger partial charge in [-0.25, -0.2) is 0 Å². The molecule has 0 unspecified atom stereocenters. The number of ether oxygens (including phenoxy) is 1. The van der Waals surface area contributed by atoms with E-state index in [1.165, 1.54) is 38.5 Å². The Kier molecular flexibility index (Phi) is 2.49. The van der Waals surface area contributed by atoms with Crippen molar-refractivity contribution in [3.63, 3.8) is 0 Å². The Labute approximate surface area is 97.7 Å². The molecular weight excluding hydrogens is 200 g/mol. The molecule has 0 atom stereocenters. The molecular formula is C14H22O2. The molecule has 0 radical (unpaired) electrons. The highest BCUT2D eigenvalue weighted by Gasteiger charge is 2.56. The molecule has 2 saturated carbocycles.